The molecule has 0 aromatic rings. The first-order valence-corrected chi connectivity index (χ1v) is 13.8. The minimum absolute atomic E-state index is 0.261. The molecule has 4 heteroatoms. The Labute approximate surface area is 204 Å². The van der Waals surface area contributed by atoms with Crippen LogP contribution in [0.5, 0.6) is 0 Å². The van der Waals surface area contributed by atoms with E-state index in [0.717, 1.165) is 51.4 Å². The van der Waals surface area contributed by atoms with Gasteiger partial charge in [0.15, 0.2) is 11.6 Å². The van der Waals surface area contributed by atoms with Crippen molar-refractivity contribution in [1.29, 1.82) is 0 Å². The van der Waals surface area contributed by atoms with Crippen LogP contribution >= 0.6 is 0 Å². The summed E-state index contributed by atoms with van der Waals surface area (Å²) in [6.07, 6.45) is 15.3. The highest BCUT2D eigenvalue weighted by atomic mass is 16.1. The van der Waals surface area contributed by atoms with Crippen LogP contribution < -0.4 is 0 Å². The summed E-state index contributed by atoms with van der Waals surface area (Å²) in [7, 11) is 0. The number of Topliss-reactive ketones (excluding diaryl/α,β-unsaturated/α-hetero) is 2. The fourth-order valence-corrected chi connectivity index (χ4v) is 8.39. The Bertz CT molecular complexity index is 863. The zero-order valence-corrected chi connectivity index (χ0v) is 20.9. The van der Waals surface area contributed by atoms with E-state index in [4.69, 9.17) is 0 Å². The number of fused-ring (bicyclic) bond motifs is 6. The number of carbonyl (C=O) groups excluding carboxylic acids is 4. The number of rotatable bonds is 0. The van der Waals surface area contributed by atoms with Crippen molar-refractivity contribution in [2.45, 2.75) is 90.9 Å². The van der Waals surface area contributed by atoms with Gasteiger partial charge in [0, 0.05) is 37.5 Å². The van der Waals surface area contributed by atoms with Gasteiger partial charge in [-0.2, -0.15) is 0 Å². The fraction of sp³-hybridized carbons (Fsp3) is 0.733. The highest BCUT2D eigenvalue weighted by Gasteiger charge is 2.44. The molecule has 8 atom stereocenters. The molecule has 184 valence electrons. The summed E-state index contributed by atoms with van der Waals surface area (Å²) in [5, 5.41) is 0. The Morgan fingerprint density at radius 1 is 0.529 bits per heavy atom. The van der Waals surface area contributed by atoms with E-state index >= 15 is 0 Å². The van der Waals surface area contributed by atoms with Gasteiger partial charge in [0.1, 0.15) is 11.6 Å². The molecular weight excluding hydrogens is 424 g/mol. The molecule has 6 rings (SSSR count). The summed E-state index contributed by atoms with van der Waals surface area (Å²) in [5.74, 6) is 4.65. The van der Waals surface area contributed by atoms with Gasteiger partial charge in [0.05, 0.1) is 0 Å². The van der Waals surface area contributed by atoms with Crippen molar-refractivity contribution in [2.24, 2.45) is 47.3 Å². The van der Waals surface area contributed by atoms with E-state index < -0.39 is 0 Å². The van der Waals surface area contributed by atoms with Gasteiger partial charge in [0.2, 0.25) is 0 Å². The minimum Gasteiger partial charge on any atom is -0.299 e. The van der Waals surface area contributed by atoms with E-state index in [1.807, 2.05) is 12.2 Å². The van der Waals surface area contributed by atoms with Crippen molar-refractivity contribution < 1.29 is 19.2 Å². The van der Waals surface area contributed by atoms with Crippen molar-refractivity contribution >= 4 is 23.1 Å². The van der Waals surface area contributed by atoms with Crippen LogP contribution in [0.15, 0.2) is 23.3 Å². The molecule has 4 nitrogen and oxygen atoms in total. The van der Waals surface area contributed by atoms with Crippen molar-refractivity contribution in [2.75, 3.05) is 0 Å². The highest BCUT2D eigenvalue weighted by molar-refractivity contribution is 5.94. The molecule has 0 amide bonds. The Balaban J connectivity index is 0.000000142. The standard InChI is InChI=1S/2C15H20O2/c2*1-9-5-10-7-11(16)8-14(10)12-3-2-4-13(12)15(17)6-9/h2*7,9,12-14H,2-6,8H2,1H3/t2*9-,12+,13+,14-/m00/s1. The smallest absolute Gasteiger partial charge is 0.156 e. The van der Waals surface area contributed by atoms with Crippen LogP contribution in [0, 0.1) is 47.3 Å². The second kappa shape index (κ2) is 9.66. The fourth-order valence-electron chi connectivity index (χ4n) is 8.39. The number of allylic oxidation sites excluding steroid dienone is 4. The molecule has 0 aliphatic heterocycles. The third kappa shape index (κ3) is 4.66. The molecule has 6 aliphatic rings. The van der Waals surface area contributed by atoms with E-state index in [0.29, 0.717) is 59.9 Å². The lowest BCUT2D eigenvalue weighted by molar-refractivity contribution is -0.126. The summed E-state index contributed by atoms with van der Waals surface area (Å²) in [4.78, 5) is 47.7. The van der Waals surface area contributed by atoms with Crippen molar-refractivity contribution in [1.82, 2.24) is 0 Å². The highest BCUT2D eigenvalue weighted by Crippen LogP contribution is 2.49. The topological polar surface area (TPSA) is 68.3 Å². The van der Waals surface area contributed by atoms with Crippen molar-refractivity contribution in [3.05, 3.63) is 23.3 Å². The molecule has 0 saturated heterocycles. The first-order chi connectivity index (χ1) is 16.3. The Hall–Kier alpha value is -1.84. The first-order valence-electron chi connectivity index (χ1n) is 13.8. The quantitative estimate of drug-likeness (QED) is 0.452. The molecule has 6 aliphatic carbocycles. The van der Waals surface area contributed by atoms with Crippen LogP contribution in [0.2, 0.25) is 0 Å². The van der Waals surface area contributed by atoms with Crippen LogP contribution in [-0.4, -0.2) is 23.1 Å². The Morgan fingerprint density at radius 3 is 1.35 bits per heavy atom. The summed E-state index contributed by atoms with van der Waals surface area (Å²) in [6.45, 7) is 4.29. The largest absolute Gasteiger partial charge is 0.299 e. The van der Waals surface area contributed by atoms with Crippen LogP contribution in [0.1, 0.15) is 90.9 Å². The zero-order chi connectivity index (χ0) is 24.0. The minimum atomic E-state index is 0.261. The van der Waals surface area contributed by atoms with Gasteiger partial charge in [-0.15, -0.1) is 0 Å². The number of hydrogen-bond acceptors (Lipinski definition) is 4. The summed E-state index contributed by atoms with van der Waals surface area (Å²) < 4.78 is 0. The van der Waals surface area contributed by atoms with E-state index in [2.05, 4.69) is 13.8 Å². The molecule has 0 heterocycles. The second-order valence-corrected chi connectivity index (χ2v) is 12.4. The van der Waals surface area contributed by atoms with Gasteiger partial charge in [-0.05, 0) is 86.2 Å². The van der Waals surface area contributed by atoms with Gasteiger partial charge in [-0.1, -0.05) is 37.8 Å². The predicted octanol–water partition coefficient (Wildman–Crippen LogP) is 5.83. The van der Waals surface area contributed by atoms with Gasteiger partial charge < -0.3 is 0 Å². The van der Waals surface area contributed by atoms with Crippen molar-refractivity contribution in [3.8, 4) is 0 Å². The first kappa shape index (κ1) is 23.9. The van der Waals surface area contributed by atoms with Gasteiger partial charge in [0.25, 0.3) is 0 Å². The molecule has 0 radical (unpaired) electrons. The molecule has 34 heavy (non-hydrogen) atoms. The van der Waals surface area contributed by atoms with E-state index in [-0.39, 0.29) is 23.4 Å². The lowest BCUT2D eigenvalue weighted by Gasteiger charge is -2.31. The van der Waals surface area contributed by atoms with Gasteiger partial charge in [-0.25, -0.2) is 0 Å². The van der Waals surface area contributed by atoms with E-state index in [1.54, 1.807) is 0 Å². The van der Waals surface area contributed by atoms with Gasteiger partial charge >= 0.3 is 0 Å². The van der Waals surface area contributed by atoms with Crippen LogP contribution in [0.4, 0.5) is 0 Å². The molecule has 0 spiro atoms. The molecule has 4 fully saturated rings. The molecule has 0 aromatic carbocycles. The van der Waals surface area contributed by atoms with Crippen LogP contribution in [-0.2, 0) is 19.2 Å². The maximum absolute atomic E-state index is 12.2. The third-order valence-corrected chi connectivity index (χ3v) is 9.75. The monoisotopic (exact) mass is 464 g/mol. The average Bonchev–Trinajstić information content (AvgIpc) is 3.53. The average molecular weight is 465 g/mol. The second-order valence-electron chi connectivity index (χ2n) is 12.4. The maximum atomic E-state index is 12.2. The third-order valence-electron chi connectivity index (χ3n) is 9.75. The molecule has 0 bridgehead atoms. The van der Waals surface area contributed by atoms with E-state index in [9.17, 15) is 19.2 Å². The van der Waals surface area contributed by atoms with Gasteiger partial charge in [-0.3, -0.25) is 19.2 Å². The summed E-state index contributed by atoms with van der Waals surface area (Å²) >= 11 is 0. The van der Waals surface area contributed by atoms with Crippen molar-refractivity contribution in [3.63, 3.8) is 0 Å². The molecular formula is C30H40O4. The number of carbonyl (C=O) groups is 4. The Kier molecular flexibility index (Phi) is 6.79. The Morgan fingerprint density at radius 2 is 0.941 bits per heavy atom. The lowest BCUT2D eigenvalue weighted by atomic mass is 9.72. The number of hydrogen-bond donors (Lipinski definition) is 0. The van der Waals surface area contributed by atoms with E-state index in [1.165, 1.54) is 24.0 Å². The SMILES string of the molecule is C[C@@H]1CC(=O)[C@@H]2CCC[C@H]2[C@H]2CC(=O)C=C2C1.C[C@@H]1CC(=O)[C@@H]2CCC[C@H]2[C@H]2CC(=O)C=C2C1. The normalized spacial score (nSPS) is 41.6. The predicted molar refractivity (Wildman–Crippen MR) is 131 cm³/mol. The molecule has 0 aromatic heterocycles. The summed E-state index contributed by atoms with van der Waals surface area (Å²) in [5.41, 5.74) is 2.71. The number of ketones is 4. The molecule has 4 saturated carbocycles. The summed E-state index contributed by atoms with van der Waals surface area (Å²) in [6, 6.07) is 0. The maximum Gasteiger partial charge on any atom is 0.156 e. The molecule has 0 unspecified atom stereocenters. The lowest BCUT2D eigenvalue weighted by Crippen LogP contribution is -2.29. The van der Waals surface area contributed by atoms with Crippen LogP contribution in [0.25, 0.3) is 0 Å². The zero-order valence-electron chi connectivity index (χ0n) is 20.9. The molecule has 0 N–H and O–H groups in total. The van der Waals surface area contributed by atoms with Crippen LogP contribution in [0.3, 0.4) is 0 Å².